The Balaban J connectivity index is 3.94. The van der Waals surface area contributed by atoms with E-state index in [1.807, 2.05) is 21.1 Å². The number of rotatable bonds is 77. The van der Waals surface area contributed by atoms with Crippen molar-refractivity contribution in [2.45, 2.75) is 418 Å². The van der Waals surface area contributed by atoms with Crippen molar-refractivity contribution in [2.75, 3.05) is 47.5 Å². The second-order valence-corrected chi connectivity index (χ2v) is 29.1. The van der Waals surface area contributed by atoms with E-state index >= 15 is 0 Å². The van der Waals surface area contributed by atoms with E-state index in [-0.39, 0.29) is 38.2 Å². The van der Waals surface area contributed by atoms with Crippen molar-refractivity contribution in [1.82, 2.24) is 0 Å². The molecule has 0 fully saturated rings. The predicted octanol–water partition coefficient (Wildman–Crippen LogP) is 26.2. The van der Waals surface area contributed by atoms with Crippen LogP contribution in [0.15, 0.2) is 60.8 Å². The van der Waals surface area contributed by atoms with Gasteiger partial charge in [0.2, 0.25) is 0 Å². The first-order chi connectivity index (χ1) is 46.1. The minimum atomic E-state index is -1.51. The van der Waals surface area contributed by atoms with Crippen molar-refractivity contribution < 1.29 is 42.9 Å². The number of ether oxygens (including phenoxy) is 4. The zero-order valence-corrected chi connectivity index (χ0v) is 63.1. The number of carboxylic acid groups (broad SMARTS) is 1. The molecule has 0 heterocycles. The molecular formula is C85H158NO8+. The zero-order chi connectivity index (χ0) is 68.2. The van der Waals surface area contributed by atoms with E-state index in [9.17, 15) is 19.5 Å². The number of carbonyl (C=O) groups is 3. The van der Waals surface area contributed by atoms with E-state index in [1.165, 1.54) is 308 Å². The number of likely N-dealkylation sites (N-methyl/N-ethyl adjacent to an activating group) is 1. The van der Waals surface area contributed by atoms with Crippen LogP contribution in [-0.2, 0) is 33.3 Å². The number of quaternary nitrogens is 1. The number of allylic oxidation sites excluding steroid dienone is 10. The molecular weight excluding hydrogens is 1160 g/mol. The van der Waals surface area contributed by atoms with E-state index in [2.05, 4.69) is 74.6 Å². The summed E-state index contributed by atoms with van der Waals surface area (Å²) >= 11 is 0. The van der Waals surface area contributed by atoms with E-state index in [0.717, 1.165) is 70.6 Å². The van der Waals surface area contributed by atoms with Crippen molar-refractivity contribution in [3.8, 4) is 0 Å². The third-order valence-corrected chi connectivity index (χ3v) is 18.5. The summed E-state index contributed by atoms with van der Waals surface area (Å²) in [5.74, 6) is -1.97. The average molecular weight is 1320 g/mol. The molecule has 550 valence electrons. The monoisotopic (exact) mass is 1320 g/mol. The largest absolute Gasteiger partial charge is 0.477 e. The predicted molar refractivity (Wildman–Crippen MR) is 406 cm³/mol. The second kappa shape index (κ2) is 75.8. The highest BCUT2D eigenvalue weighted by atomic mass is 16.7. The molecule has 1 N–H and O–H groups in total. The molecule has 0 aromatic rings. The minimum absolute atomic E-state index is 0.175. The van der Waals surface area contributed by atoms with Crippen molar-refractivity contribution in [1.29, 1.82) is 0 Å². The van der Waals surface area contributed by atoms with Crippen LogP contribution in [0.5, 0.6) is 0 Å². The van der Waals surface area contributed by atoms with E-state index in [4.69, 9.17) is 18.9 Å². The smallest absolute Gasteiger partial charge is 0.361 e. The molecule has 9 heteroatoms. The maximum absolute atomic E-state index is 13.0. The van der Waals surface area contributed by atoms with Crippen LogP contribution in [0.3, 0.4) is 0 Å². The molecule has 2 unspecified atom stereocenters. The summed E-state index contributed by atoms with van der Waals surface area (Å²) in [6.45, 7) is 4.84. The fourth-order valence-electron chi connectivity index (χ4n) is 12.3. The third kappa shape index (κ3) is 76.4. The van der Waals surface area contributed by atoms with Gasteiger partial charge in [-0.1, -0.05) is 396 Å². The second-order valence-electron chi connectivity index (χ2n) is 29.1. The summed E-state index contributed by atoms with van der Waals surface area (Å²) in [4.78, 5) is 37.7. The number of nitrogens with zero attached hydrogens (tertiary/aromatic N) is 1. The Bertz CT molecular complexity index is 1730. The van der Waals surface area contributed by atoms with Gasteiger partial charge in [0, 0.05) is 12.8 Å². The molecule has 0 aliphatic rings. The van der Waals surface area contributed by atoms with Gasteiger partial charge < -0.3 is 28.5 Å². The van der Waals surface area contributed by atoms with Crippen LogP contribution < -0.4 is 0 Å². The maximum Gasteiger partial charge on any atom is 0.361 e. The maximum atomic E-state index is 13.0. The third-order valence-electron chi connectivity index (χ3n) is 18.5. The standard InChI is InChI=1S/C85H157NO8/c1-6-8-10-12-14-16-18-20-22-24-26-28-30-32-34-36-37-38-39-40-41-42-43-44-45-46-47-48-50-52-54-56-58-60-62-64-66-68-70-72-74-76-83(88)94-81(80-93-85(84(89)90)91-78-77-86(3,4)5)79-92-82(87)75-73-71-69-67-65-63-61-59-57-55-53-51-49-35-33-31-29-27-25-23-21-19-17-15-13-11-9-7-2/h8,10,14,16,20,22,26,28,32,34,81,85H,6-7,9,11-13,15,17-19,21,23-25,27,29-31,33,35-80H2,1-5H3/p+1/b10-8-,16-14-,22-20-,28-26-,34-32-. The van der Waals surface area contributed by atoms with E-state index in [1.54, 1.807) is 0 Å². The minimum Gasteiger partial charge on any atom is -0.477 e. The van der Waals surface area contributed by atoms with Crippen LogP contribution >= 0.6 is 0 Å². The number of unbranched alkanes of at least 4 members (excludes halogenated alkanes) is 52. The molecule has 0 amide bonds. The summed E-state index contributed by atoms with van der Waals surface area (Å²) in [5, 5.41) is 9.78. The van der Waals surface area contributed by atoms with E-state index in [0.29, 0.717) is 17.4 Å². The fraction of sp³-hybridized carbons (Fsp3) is 0.847. The SMILES string of the molecule is CC/C=C\C/C=C\C/C=C\C/C=C\C/C=C\CCCCCCCCCCCCCCCCCCCCCCCCCCCC(=O)OC(COC(=O)CCCCCCCCCCCCCCCCCCCCCCCCCCCCCC)COC(OCC[N+](C)(C)C)C(=O)O. The van der Waals surface area contributed by atoms with Crippen LogP contribution in [0, 0.1) is 0 Å². The average Bonchev–Trinajstić information content (AvgIpc) is 3.42. The van der Waals surface area contributed by atoms with Crippen LogP contribution in [0.2, 0.25) is 0 Å². The fourth-order valence-corrected chi connectivity index (χ4v) is 12.3. The van der Waals surface area contributed by atoms with E-state index < -0.39 is 18.4 Å². The number of hydrogen-bond acceptors (Lipinski definition) is 7. The van der Waals surface area contributed by atoms with Gasteiger partial charge >= 0.3 is 17.9 Å². The van der Waals surface area contributed by atoms with Gasteiger partial charge in [-0.25, -0.2) is 4.79 Å². The Morgan fingerprint density at radius 3 is 0.904 bits per heavy atom. The van der Waals surface area contributed by atoms with Crippen molar-refractivity contribution in [2.24, 2.45) is 0 Å². The number of hydrogen-bond donors (Lipinski definition) is 1. The summed E-state index contributed by atoms with van der Waals surface area (Å²) in [7, 11) is 6.00. The Hall–Kier alpha value is -3.01. The first-order valence-electron chi connectivity index (χ1n) is 41.0. The van der Waals surface area contributed by atoms with Gasteiger partial charge in [-0.05, 0) is 57.8 Å². The zero-order valence-electron chi connectivity index (χ0n) is 63.1. The Morgan fingerprint density at radius 2 is 0.606 bits per heavy atom. The normalized spacial score (nSPS) is 12.9. The van der Waals surface area contributed by atoms with Crippen molar-refractivity contribution >= 4 is 17.9 Å². The molecule has 0 aromatic carbocycles. The topological polar surface area (TPSA) is 108 Å². The summed E-state index contributed by atoms with van der Waals surface area (Å²) in [6, 6.07) is 0. The highest BCUT2D eigenvalue weighted by molar-refractivity contribution is 5.71. The Morgan fingerprint density at radius 1 is 0.330 bits per heavy atom. The van der Waals surface area contributed by atoms with Crippen LogP contribution in [0.4, 0.5) is 0 Å². The van der Waals surface area contributed by atoms with Gasteiger partial charge in [-0.15, -0.1) is 0 Å². The molecule has 94 heavy (non-hydrogen) atoms. The van der Waals surface area contributed by atoms with Crippen LogP contribution in [0.1, 0.15) is 406 Å². The lowest BCUT2D eigenvalue weighted by Gasteiger charge is -2.25. The summed E-state index contributed by atoms with van der Waals surface area (Å²) in [6.07, 6.45) is 98.2. The molecule has 0 spiro atoms. The number of carboxylic acids is 1. The Labute approximate surface area is 584 Å². The first kappa shape index (κ1) is 91.0. The number of aliphatic carboxylic acids is 1. The molecule has 0 bridgehead atoms. The molecule has 9 nitrogen and oxygen atoms in total. The Kier molecular flexibility index (Phi) is 73.3. The molecule has 2 atom stereocenters. The van der Waals surface area contributed by atoms with Crippen LogP contribution in [-0.4, -0.2) is 87.4 Å². The van der Waals surface area contributed by atoms with Gasteiger partial charge in [0.05, 0.1) is 34.4 Å². The van der Waals surface area contributed by atoms with Gasteiger partial charge in [0.1, 0.15) is 13.2 Å². The highest BCUT2D eigenvalue weighted by Gasteiger charge is 2.25. The molecule has 0 saturated heterocycles. The molecule has 0 aromatic heterocycles. The summed E-state index contributed by atoms with van der Waals surface area (Å²) in [5.41, 5.74) is 0. The summed E-state index contributed by atoms with van der Waals surface area (Å²) < 4.78 is 23.1. The van der Waals surface area contributed by atoms with Gasteiger partial charge in [-0.2, -0.15) is 0 Å². The first-order valence-corrected chi connectivity index (χ1v) is 41.0. The van der Waals surface area contributed by atoms with Gasteiger partial charge in [0.15, 0.2) is 6.10 Å². The lowest BCUT2D eigenvalue weighted by Crippen LogP contribution is -2.40. The molecule has 0 aliphatic heterocycles. The quantitative estimate of drug-likeness (QED) is 0.0211. The molecule has 0 radical (unpaired) electrons. The van der Waals surface area contributed by atoms with Crippen molar-refractivity contribution in [3.05, 3.63) is 60.8 Å². The number of esters is 2. The van der Waals surface area contributed by atoms with Crippen LogP contribution in [0.25, 0.3) is 0 Å². The lowest BCUT2D eigenvalue weighted by atomic mass is 10.0. The van der Waals surface area contributed by atoms with Gasteiger partial charge in [-0.3, -0.25) is 9.59 Å². The highest BCUT2D eigenvalue weighted by Crippen LogP contribution is 2.20. The number of carbonyl (C=O) groups excluding carboxylic acids is 2. The van der Waals surface area contributed by atoms with Crippen molar-refractivity contribution in [3.63, 3.8) is 0 Å². The molecule has 0 rings (SSSR count). The lowest BCUT2D eigenvalue weighted by molar-refractivity contribution is -0.870. The molecule has 0 saturated carbocycles. The van der Waals surface area contributed by atoms with Gasteiger partial charge in [0.25, 0.3) is 6.29 Å². The molecule has 0 aliphatic carbocycles.